The minimum absolute atomic E-state index is 0.432. The normalized spacial score (nSPS) is 11.1. The SMILES string of the molecule is COc1ccc(-c2nnc(Sc3nc(C)nc4[nH]ccc34)o2)cc1. The molecular weight excluding hydrogens is 326 g/mol. The van der Waals surface area contributed by atoms with Gasteiger partial charge in [0.25, 0.3) is 5.22 Å². The Morgan fingerprint density at radius 1 is 1.08 bits per heavy atom. The minimum Gasteiger partial charge on any atom is -0.497 e. The molecule has 3 heterocycles. The number of rotatable bonds is 4. The zero-order valence-electron chi connectivity index (χ0n) is 13.0. The molecule has 120 valence electrons. The van der Waals surface area contributed by atoms with Crippen LogP contribution in [0.25, 0.3) is 22.5 Å². The molecule has 0 bridgehead atoms. The molecule has 0 radical (unpaired) electrons. The summed E-state index contributed by atoms with van der Waals surface area (Å²) in [6, 6.07) is 9.38. The zero-order chi connectivity index (χ0) is 16.5. The smallest absolute Gasteiger partial charge is 0.283 e. The second-order valence-corrected chi connectivity index (χ2v) is 5.96. The highest BCUT2D eigenvalue weighted by Crippen LogP contribution is 2.32. The number of nitrogens with one attached hydrogen (secondary N) is 1. The highest BCUT2D eigenvalue weighted by Gasteiger charge is 2.14. The molecule has 1 aromatic carbocycles. The maximum absolute atomic E-state index is 5.74. The van der Waals surface area contributed by atoms with Gasteiger partial charge in [-0.25, -0.2) is 9.97 Å². The van der Waals surface area contributed by atoms with Crippen LogP contribution >= 0.6 is 11.8 Å². The van der Waals surface area contributed by atoms with E-state index in [2.05, 4.69) is 25.1 Å². The van der Waals surface area contributed by atoms with Gasteiger partial charge in [0, 0.05) is 11.8 Å². The van der Waals surface area contributed by atoms with Gasteiger partial charge in [-0.05, 0) is 49.0 Å². The standard InChI is InChI=1S/C16H13N5O2S/c1-9-18-13-12(7-8-17-13)15(19-9)24-16-21-20-14(23-16)10-3-5-11(22-2)6-4-10/h3-8H,1-2H3,(H,17,18,19). The number of methoxy groups -OCH3 is 1. The molecule has 0 unspecified atom stereocenters. The van der Waals surface area contributed by atoms with Crippen LogP contribution in [-0.4, -0.2) is 32.3 Å². The van der Waals surface area contributed by atoms with Crippen LogP contribution in [0.4, 0.5) is 0 Å². The first-order valence-electron chi connectivity index (χ1n) is 7.20. The first kappa shape index (κ1) is 14.7. The maximum Gasteiger partial charge on any atom is 0.283 e. The summed E-state index contributed by atoms with van der Waals surface area (Å²) in [7, 11) is 1.63. The Hall–Kier alpha value is -2.87. The number of aromatic amines is 1. The molecule has 0 spiro atoms. The molecule has 3 aromatic heterocycles. The van der Waals surface area contributed by atoms with Gasteiger partial charge in [0.15, 0.2) is 0 Å². The Kier molecular flexibility index (Phi) is 3.66. The summed E-state index contributed by atoms with van der Waals surface area (Å²) >= 11 is 1.32. The lowest BCUT2D eigenvalue weighted by molar-refractivity contribution is 0.414. The first-order chi connectivity index (χ1) is 11.7. The van der Waals surface area contributed by atoms with E-state index >= 15 is 0 Å². The fourth-order valence-corrected chi connectivity index (χ4v) is 3.10. The number of nitrogens with zero attached hydrogens (tertiary/aromatic N) is 4. The highest BCUT2D eigenvalue weighted by atomic mass is 32.2. The average Bonchev–Trinajstić information content (AvgIpc) is 3.24. The summed E-state index contributed by atoms with van der Waals surface area (Å²) in [5, 5.41) is 10.3. The summed E-state index contributed by atoms with van der Waals surface area (Å²) in [5.74, 6) is 1.91. The second-order valence-electron chi connectivity index (χ2n) is 5.02. The Morgan fingerprint density at radius 2 is 1.92 bits per heavy atom. The predicted molar refractivity (Wildman–Crippen MR) is 89.0 cm³/mol. The van der Waals surface area contributed by atoms with Crippen LogP contribution in [0.3, 0.4) is 0 Å². The number of aromatic nitrogens is 5. The van der Waals surface area contributed by atoms with E-state index in [-0.39, 0.29) is 0 Å². The molecule has 0 saturated carbocycles. The second kappa shape index (κ2) is 5.97. The van der Waals surface area contributed by atoms with E-state index in [9.17, 15) is 0 Å². The summed E-state index contributed by atoms with van der Waals surface area (Å²) in [6.45, 7) is 1.85. The van der Waals surface area contributed by atoms with Crippen molar-refractivity contribution in [3.05, 3.63) is 42.4 Å². The molecule has 0 saturated heterocycles. The first-order valence-corrected chi connectivity index (χ1v) is 8.02. The van der Waals surface area contributed by atoms with Crippen molar-refractivity contribution in [2.24, 2.45) is 0 Å². The molecule has 0 aliphatic heterocycles. The number of fused-ring (bicyclic) bond motifs is 1. The van der Waals surface area contributed by atoms with Crippen molar-refractivity contribution in [2.45, 2.75) is 17.2 Å². The molecule has 24 heavy (non-hydrogen) atoms. The largest absolute Gasteiger partial charge is 0.497 e. The predicted octanol–water partition coefficient (Wildman–Crippen LogP) is 3.48. The summed E-state index contributed by atoms with van der Waals surface area (Å²) in [4.78, 5) is 11.9. The van der Waals surface area contributed by atoms with Crippen molar-refractivity contribution in [2.75, 3.05) is 7.11 Å². The van der Waals surface area contributed by atoms with E-state index in [4.69, 9.17) is 9.15 Å². The van der Waals surface area contributed by atoms with E-state index < -0.39 is 0 Å². The van der Waals surface area contributed by atoms with Gasteiger partial charge in [-0.3, -0.25) is 0 Å². The van der Waals surface area contributed by atoms with E-state index in [1.807, 2.05) is 43.5 Å². The molecule has 1 N–H and O–H groups in total. The van der Waals surface area contributed by atoms with Gasteiger partial charge in [0.2, 0.25) is 5.89 Å². The minimum atomic E-state index is 0.432. The van der Waals surface area contributed by atoms with Crippen LogP contribution in [0.1, 0.15) is 5.82 Å². The molecule has 0 aliphatic rings. The molecule has 0 amide bonds. The fraction of sp³-hybridized carbons (Fsp3) is 0.125. The molecule has 8 heteroatoms. The van der Waals surface area contributed by atoms with Crippen molar-refractivity contribution < 1.29 is 9.15 Å². The molecule has 0 aliphatic carbocycles. The topological polar surface area (TPSA) is 89.7 Å². The molecule has 4 rings (SSSR count). The number of hydrogen-bond donors (Lipinski definition) is 1. The van der Waals surface area contributed by atoms with Crippen LogP contribution in [-0.2, 0) is 0 Å². The van der Waals surface area contributed by atoms with Crippen LogP contribution in [0.2, 0.25) is 0 Å². The Labute approximate surface area is 141 Å². The molecule has 0 fully saturated rings. The van der Waals surface area contributed by atoms with Gasteiger partial charge < -0.3 is 14.1 Å². The van der Waals surface area contributed by atoms with Gasteiger partial charge in [-0.15, -0.1) is 10.2 Å². The maximum atomic E-state index is 5.74. The molecule has 7 nitrogen and oxygen atoms in total. The van der Waals surface area contributed by atoms with E-state index in [1.165, 1.54) is 11.8 Å². The molecular formula is C16H13N5O2S. The van der Waals surface area contributed by atoms with Crippen LogP contribution < -0.4 is 4.74 Å². The fourth-order valence-electron chi connectivity index (χ4n) is 2.28. The van der Waals surface area contributed by atoms with Gasteiger partial charge in [0.1, 0.15) is 22.2 Å². The number of hydrogen-bond acceptors (Lipinski definition) is 7. The van der Waals surface area contributed by atoms with Crippen molar-refractivity contribution >= 4 is 22.8 Å². The Morgan fingerprint density at radius 3 is 2.71 bits per heavy atom. The average molecular weight is 339 g/mol. The van der Waals surface area contributed by atoms with Crippen molar-refractivity contribution in [1.82, 2.24) is 25.1 Å². The number of ether oxygens (including phenoxy) is 1. The van der Waals surface area contributed by atoms with Gasteiger partial charge in [-0.2, -0.15) is 0 Å². The zero-order valence-corrected chi connectivity index (χ0v) is 13.8. The number of H-pyrrole nitrogens is 1. The highest BCUT2D eigenvalue weighted by molar-refractivity contribution is 7.99. The third-order valence-electron chi connectivity index (χ3n) is 3.42. The van der Waals surface area contributed by atoms with Crippen LogP contribution in [0, 0.1) is 6.92 Å². The van der Waals surface area contributed by atoms with E-state index in [0.29, 0.717) is 16.9 Å². The number of benzene rings is 1. The van der Waals surface area contributed by atoms with Crippen LogP contribution in [0.15, 0.2) is 51.2 Å². The Balaban J connectivity index is 1.63. The van der Waals surface area contributed by atoms with Gasteiger partial charge in [-0.1, -0.05) is 0 Å². The summed E-state index contributed by atoms with van der Waals surface area (Å²) in [6.07, 6.45) is 1.83. The van der Waals surface area contributed by atoms with Crippen LogP contribution in [0.5, 0.6) is 5.75 Å². The quantitative estimate of drug-likeness (QED) is 0.569. The molecule has 0 atom stereocenters. The van der Waals surface area contributed by atoms with Crippen molar-refractivity contribution in [3.63, 3.8) is 0 Å². The van der Waals surface area contributed by atoms with Crippen molar-refractivity contribution in [3.8, 4) is 17.2 Å². The monoisotopic (exact) mass is 339 g/mol. The number of aryl methyl sites for hydroxylation is 1. The summed E-state index contributed by atoms with van der Waals surface area (Å²) in [5.41, 5.74) is 1.63. The third-order valence-corrected chi connectivity index (χ3v) is 4.26. The van der Waals surface area contributed by atoms with Crippen molar-refractivity contribution in [1.29, 1.82) is 0 Å². The lowest BCUT2D eigenvalue weighted by atomic mass is 10.2. The molecule has 4 aromatic rings. The lowest BCUT2D eigenvalue weighted by Crippen LogP contribution is -1.91. The summed E-state index contributed by atoms with van der Waals surface area (Å²) < 4.78 is 10.9. The van der Waals surface area contributed by atoms with Gasteiger partial charge in [0.05, 0.1) is 12.5 Å². The van der Waals surface area contributed by atoms with Gasteiger partial charge >= 0.3 is 0 Å². The third kappa shape index (κ3) is 2.71. The van der Waals surface area contributed by atoms with E-state index in [0.717, 1.165) is 27.4 Å². The lowest BCUT2D eigenvalue weighted by Gasteiger charge is -2.00. The van der Waals surface area contributed by atoms with E-state index in [1.54, 1.807) is 7.11 Å². The Bertz CT molecular complexity index is 993.